The van der Waals surface area contributed by atoms with E-state index < -0.39 is 29.4 Å². The fourth-order valence-corrected chi connectivity index (χ4v) is 2.91. The Labute approximate surface area is 154 Å². The summed E-state index contributed by atoms with van der Waals surface area (Å²) in [6, 6.07) is 18.8. The predicted octanol–water partition coefficient (Wildman–Crippen LogP) is 4.13. The summed E-state index contributed by atoms with van der Waals surface area (Å²) in [6.45, 7) is 5.37. The Balaban J connectivity index is 2.31. The Morgan fingerprint density at radius 2 is 1.27 bits per heavy atom. The normalized spacial score (nSPS) is 13.7. The Hall–Kier alpha value is -2.62. The number of ether oxygens (including phenoxy) is 1. The highest BCUT2D eigenvalue weighted by Gasteiger charge is 2.36. The molecule has 0 fully saturated rings. The number of hydrogen-bond acceptors (Lipinski definition) is 3. The second-order valence-electron chi connectivity index (χ2n) is 7.46. The molecule has 0 unspecified atom stereocenters. The summed E-state index contributed by atoms with van der Waals surface area (Å²) in [5, 5.41) is 9.82. The van der Waals surface area contributed by atoms with Gasteiger partial charge in [0.1, 0.15) is 5.60 Å². The maximum absolute atomic E-state index is 12.8. The summed E-state index contributed by atoms with van der Waals surface area (Å²) in [5.41, 5.74) is 1.14. The number of benzene rings is 2. The maximum Gasteiger partial charge on any atom is 0.310 e. The smallest absolute Gasteiger partial charge is 0.310 e. The van der Waals surface area contributed by atoms with Crippen molar-refractivity contribution < 1.29 is 19.4 Å². The minimum atomic E-state index is -0.986. The quantitative estimate of drug-likeness (QED) is 0.759. The van der Waals surface area contributed by atoms with Gasteiger partial charge in [0, 0.05) is 0 Å². The van der Waals surface area contributed by atoms with Crippen molar-refractivity contribution in [3.8, 4) is 0 Å². The maximum atomic E-state index is 12.8. The third-order valence-electron chi connectivity index (χ3n) is 4.11. The first-order chi connectivity index (χ1) is 12.3. The Kier molecular flexibility index (Phi) is 6.56. The van der Waals surface area contributed by atoms with Crippen LogP contribution < -0.4 is 0 Å². The highest BCUT2D eigenvalue weighted by molar-refractivity contribution is 5.82. The molecule has 2 atom stereocenters. The number of carbonyl (C=O) groups excluding carboxylic acids is 1. The van der Waals surface area contributed by atoms with Gasteiger partial charge in [-0.3, -0.25) is 9.59 Å². The monoisotopic (exact) mass is 354 g/mol. The second-order valence-corrected chi connectivity index (χ2v) is 7.46. The van der Waals surface area contributed by atoms with Gasteiger partial charge < -0.3 is 9.84 Å². The molecule has 0 radical (unpaired) electrons. The number of carbonyl (C=O) groups is 2. The van der Waals surface area contributed by atoms with Gasteiger partial charge in [0.15, 0.2) is 0 Å². The van der Waals surface area contributed by atoms with Crippen molar-refractivity contribution in [3.63, 3.8) is 0 Å². The summed E-state index contributed by atoms with van der Waals surface area (Å²) in [7, 11) is 0. The van der Waals surface area contributed by atoms with Gasteiger partial charge in [0.25, 0.3) is 0 Å². The first-order valence-electron chi connectivity index (χ1n) is 8.80. The molecule has 2 aromatic carbocycles. The van der Waals surface area contributed by atoms with Crippen LogP contribution in [0.2, 0.25) is 0 Å². The lowest BCUT2D eigenvalue weighted by atomic mass is 9.82. The zero-order valence-electron chi connectivity index (χ0n) is 15.5. The van der Waals surface area contributed by atoms with E-state index in [0.29, 0.717) is 6.42 Å². The van der Waals surface area contributed by atoms with Gasteiger partial charge >= 0.3 is 11.9 Å². The number of carboxylic acid groups (broad SMARTS) is 1. The lowest BCUT2D eigenvalue weighted by molar-refractivity contribution is -0.166. The molecular formula is C22H26O4. The van der Waals surface area contributed by atoms with Crippen molar-refractivity contribution in [2.75, 3.05) is 0 Å². The molecule has 0 amide bonds. The van der Waals surface area contributed by atoms with Crippen LogP contribution in [-0.2, 0) is 27.2 Å². The van der Waals surface area contributed by atoms with Crippen LogP contribution in [0.4, 0.5) is 0 Å². The van der Waals surface area contributed by atoms with E-state index in [1.54, 1.807) is 20.8 Å². The van der Waals surface area contributed by atoms with E-state index in [-0.39, 0.29) is 6.42 Å². The highest BCUT2D eigenvalue weighted by atomic mass is 16.6. The molecule has 4 nitrogen and oxygen atoms in total. The van der Waals surface area contributed by atoms with Crippen molar-refractivity contribution in [1.82, 2.24) is 0 Å². The van der Waals surface area contributed by atoms with Crippen molar-refractivity contribution in [2.45, 2.75) is 39.2 Å². The molecular weight excluding hydrogens is 328 g/mol. The molecule has 138 valence electrons. The minimum absolute atomic E-state index is 0.285. The van der Waals surface area contributed by atoms with Gasteiger partial charge in [-0.1, -0.05) is 60.7 Å². The molecule has 0 saturated heterocycles. The topological polar surface area (TPSA) is 63.6 Å². The van der Waals surface area contributed by atoms with E-state index in [0.717, 1.165) is 11.1 Å². The van der Waals surface area contributed by atoms with Crippen LogP contribution in [0, 0.1) is 11.8 Å². The lowest BCUT2D eigenvalue weighted by Gasteiger charge is -2.27. The van der Waals surface area contributed by atoms with E-state index >= 15 is 0 Å². The highest BCUT2D eigenvalue weighted by Crippen LogP contribution is 2.26. The largest absolute Gasteiger partial charge is 0.481 e. The lowest BCUT2D eigenvalue weighted by Crippen LogP contribution is -2.37. The molecule has 2 rings (SSSR count). The Morgan fingerprint density at radius 3 is 1.65 bits per heavy atom. The SMILES string of the molecule is CC(C)(C)OC(=O)[C@H](Cc1ccccc1)[C@H](Cc1ccccc1)C(=O)O. The molecule has 0 heterocycles. The van der Waals surface area contributed by atoms with Crippen LogP contribution in [0.25, 0.3) is 0 Å². The van der Waals surface area contributed by atoms with Crippen LogP contribution in [0.1, 0.15) is 31.9 Å². The average Bonchev–Trinajstić information content (AvgIpc) is 2.58. The second kappa shape index (κ2) is 8.65. The summed E-state index contributed by atoms with van der Waals surface area (Å²) in [4.78, 5) is 24.8. The van der Waals surface area contributed by atoms with E-state index in [1.807, 2.05) is 60.7 Å². The fourth-order valence-electron chi connectivity index (χ4n) is 2.91. The molecule has 2 aromatic rings. The molecule has 0 aliphatic heterocycles. The summed E-state index contributed by atoms with van der Waals surface area (Å²) >= 11 is 0. The first kappa shape index (κ1) is 19.7. The zero-order valence-corrected chi connectivity index (χ0v) is 15.5. The zero-order chi connectivity index (χ0) is 19.2. The summed E-state index contributed by atoms with van der Waals surface area (Å²) in [6.07, 6.45) is 0.618. The molecule has 0 bridgehead atoms. The van der Waals surface area contributed by atoms with E-state index in [2.05, 4.69) is 0 Å². The van der Waals surface area contributed by atoms with Gasteiger partial charge in [-0.05, 0) is 44.7 Å². The number of carboxylic acids is 1. The van der Waals surface area contributed by atoms with E-state index in [9.17, 15) is 14.7 Å². The number of aliphatic carboxylic acids is 1. The van der Waals surface area contributed by atoms with Crippen LogP contribution in [0.3, 0.4) is 0 Å². The standard InChI is InChI=1S/C22H26O4/c1-22(2,3)26-21(25)19(15-17-12-8-5-9-13-17)18(20(23)24)14-16-10-6-4-7-11-16/h4-13,18-19H,14-15H2,1-3H3,(H,23,24)/t18-,19+/m0/s1. The van der Waals surface area contributed by atoms with Crippen molar-refractivity contribution in [2.24, 2.45) is 11.8 Å². The van der Waals surface area contributed by atoms with Gasteiger partial charge in [-0.25, -0.2) is 0 Å². The predicted molar refractivity (Wildman–Crippen MR) is 101 cm³/mol. The molecule has 4 heteroatoms. The van der Waals surface area contributed by atoms with Crippen LogP contribution in [-0.4, -0.2) is 22.6 Å². The third-order valence-corrected chi connectivity index (χ3v) is 4.11. The van der Waals surface area contributed by atoms with Gasteiger partial charge in [-0.2, -0.15) is 0 Å². The summed E-state index contributed by atoms with van der Waals surface area (Å²) < 4.78 is 5.54. The van der Waals surface area contributed by atoms with Gasteiger partial charge in [0.2, 0.25) is 0 Å². The fraction of sp³-hybridized carbons (Fsp3) is 0.364. The molecule has 0 aliphatic carbocycles. The molecule has 0 spiro atoms. The molecule has 0 saturated carbocycles. The molecule has 0 aromatic heterocycles. The van der Waals surface area contributed by atoms with Crippen LogP contribution in [0.15, 0.2) is 60.7 Å². The number of hydrogen-bond donors (Lipinski definition) is 1. The molecule has 26 heavy (non-hydrogen) atoms. The van der Waals surface area contributed by atoms with Gasteiger partial charge in [0.05, 0.1) is 11.8 Å². The number of esters is 1. The van der Waals surface area contributed by atoms with E-state index in [4.69, 9.17) is 4.74 Å². The van der Waals surface area contributed by atoms with Gasteiger partial charge in [-0.15, -0.1) is 0 Å². The van der Waals surface area contributed by atoms with E-state index in [1.165, 1.54) is 0 Å². The van der Waals surface area contributed by atoms with Crippen molar-refractivity contribution in [3.05, 3.63) is 71.8 Å². The van der Waals surface area contributed by atoms with Crippen LogP contribution >= 0.6 is 0 Å². The minimum Gasteiger partial charge on any atom is -0.481 e. The number of rotatable bonds is 7. The third kappa shape index (κ3) is 6.03. The Morgan fingerprint density at radius 1 is 0.846 bits per heavy atom. The average molecular weight is 354 g/mol. The Bertz CT molecular complexity index is 717. The molecule has 0 aliphatic rings. The van der Waals surface area contributed by atoms with Crippen molar-refractivity contribution in [1.29, 1.82) is 0 Å². The first-order valence-corrected chi connectivity index (χ1v) is 8.80. The van der Waals surface area contributed by atoms with Crippen LogP contribution in [0.5, 0.6) is 0 Å². The summed E-state index contributed by atoms with van der Waals surface area (Å²) in [5.74, 6) is -3.06. The molecule has 1 N–H and O–H groups in total. The van der Waals surface area contributed by atoms with Crippen molar-refractivity contribution >= 4 is 11.9 Å².